The normalized spacial score (nSPS) is 27.0. The number of carbonyl (C=O) groups excluding carboxylic acids is 1. The van der Waals surface area contributed by atoms with Crippen LogP contribution < -0.4 is 4.74 Å². The number of ether oxygens (including phenoxy) is 1. The molecule has 4 heteroatoms. The van der Waals surface area contributed by atoms with Crippen molar-refractivity contribution in [2.45, 2.75) is 38.3 Å². The number of benzene rings is 1. The number of rotatable bonds is 2. The maximum Gasteiger partial charge on any atom is 0.135 e. The molecular formula is C16H21NO3. The number of nitrogens with zero attached hydrogens (tertiary/aromatic N) is 1. The molecule has 1 fully saturated rings. The zero-order valence-corrected chi connectivity index (χ0v) is 11.8. The Morgan fingerprint density at radius 1 is 1.35 bits per heavy atom. The summed E-state index contributed by atoms with van der Waals surface area (Å²) < 4.78 is 5.92. The van der Waals surface area contributed by atoms with Crippen LogP contribution in [-0.2, 0) is 11.2 Å². The van der Waals surface area contributed by atoms with Crippen LogP contribution >= 0.6 is 0 Å². The standard InChI is InChI=1S/C16H21NO3/c1-2-11-4-3-5-13-15(19)14(10-20-16(11)13)17-8-6-12(18)7-9-17/h3-5,14-15,19H,2,6-10H2,1H3. The van der Waals surface area contributed by atoms with E-state index in [-0.39, 0.29) is 6.04 Å². The summed E-state index contributed by atoms with van der Waals surface area (Å²) in [5.41, 5.74) is 2.03. The average molecular weight is 275 g/mol. The Morgan fingerprint density at radius 3 is 2.80 bits per heavy atom. The van der Waals surface area contributed by atoms with Gasteiger partial charge in [0.25, 0.3) is 0 Å². The molecule has 0 aromatic heterocycles. The van der Waals surface area contributed by atoms with E-state index in [1.807, 2.05) is 18.2 Å². The van der Waals surface area contributed by atoms with Crippen LogP contribution in [0.3, 0.4) is 0 Å². The maximum atomic E-state index is 11.3. The van der Waals surface area contributed by atoms with Gasteiger partial charge in [0.15, 0.2) is 0 Å². The van der Waals surface area contributed by atoms with Crippen LogP contribution in [0, 0.1) is 0 Å². The van der Waals surface area contributed by atoms with Crippen LogP contribution in [0.5, 0.6) is 5.75 Å². The van der Waals surface area contributed by atoms with Gasteiger partial charge in [-0.05, 0) is 12.0 Å². The number of piperidine rings is 1. The van der Waals surface area contributed by atoms with Crippen molar-refractivity contribution in [1.82, 2.24) is 4.90 Å². The number of Topliss-reactive ketones (excluding diaryl/α,β-unsaturated/α-hetero) is 1. The molecule has 1 aromatic rings. The Labute approximate surface area is 119 Å². The second-order valence-corrected chi connectivity index (χ2v) is 5.59. The fourth-order valence-corrected chi connectivity index (χ4v) is 3.17. The van der Waals surface area contributed by atoms with E-state index >= 15 is 0 Å². The van der Waals surface area contributed by atoms with Gasteiger partial charge in [0.2, 0.25) is 0 Å². The third kappa shape index (κ3) is 2.34. The van der Waals surface area contributed by atoms with E-state index < -0.39 is 6.10 Å². The van der Waals surface area contributed by atoms with E-state index in [9.17, 15) is 9.90 Å². The molecule has 0 radical (unpaired) electrons. The number of aliphatic hydroxyl groups is 1. The third-order valence-electron chi connectivity index (χ3n) is 4.41. The zero-order chi connectivity index (χ0) is 14.1. The predicted octanol–water partition coefficient (Wildman–Crippen LogP) is 1.71. The largest absolute Gasteiger partial charge is 0.491 e. The average Bonchev–Trinajstić information content (AvgIpc) is 2.48. The highest BCUT2D eigenvalue weighted by molar-refractivity contribution is 5.79. The molecular weight excluding hydrogens is 254 g/mol. The van der Waals surface area contributed by atoms with Gasteiger partial charge in [0.1, 0.15) is 24.2 Å². The molecule has 2 unspecified atom stereocenters. The first-order chi connectivity index (χ1) is 9.70. The molecule has 108 valence electrons. The molecule has 0 bridgehead atoms. The highest BCUT2D eigenvalue weighted by Gasteiger charge is 2.35. The number of aryl methyl sites for hydroxylation is 1. The molecule has 1 N–H and O–H groups in total. The molecule has 2 aliphatic rings. The topological polar surface area (TPSA) is 49.8 Å². The predicted molar refractivity (Wildman–Crippen MR) is 75.9 cm³/mol. The van der Waals surface area contributed by atoms with Gasteiger partial charge in [0.05, 0.1) is 6.04 Å². The molecule has 0 aliphatic carbocycles. The third-order valence-corrected chi connectivity index (χ3v) is 4.41. The lowest BCUT2D eigenvalue weighted by atomic mass is 9.93. The minimum atomic E-state index is -0.529. The first-order valence-corrected chi connectivity index (χ1v) is 7.39. The number of aliphatic hydroxyl groups excluding tert-OH is 1. The van der Waals surface area contributed by atoms with Crippen LogP contribution in [0.4, 0.5) is 0 Å². The smallest absolute Gasteiger partial charge is 0.135 e. The summed E-state index contributed by atoms with van der Waals surface area (Å²) >= 11 is 0. The van der Waals surface area contributed by atoms with Crippen molar-refractivity contribution in [2.75, 3.05) is 19.7 Å². The Hall–Kier alpha value is -1.39. The summed E-state index contributed by atoms with van der Waals surface area (Å²) in [6.45, 7) is 4.05. The maximum absolute atomic E-state index is 11.3. The van der Waals surface area contributed by atoms with E-state index in [4.69, 9.17) is 4.74 Å². The van der Waals surface area contributed by atoms with Crippen molar-refractivity contribution in [3.63, 3.8) is 0 Å². The van der Waals surface area contributed by atoms with Gasteiger partial charge < -0.3 is 9.84 Å². The zero-order valence-electron chi connectivity index (χ0n) is 11.8. The van der Waals surface area contributed by atoms with Crippen LogP contribution in [0.2, 0.25) is 0 Å². The number of likely N-dealkylation sites (tertiary alicyclic amines) is 1. The Bertz CT molecular complexity index is 504. The quantitative estimate of drug-likeness (QED) is 0.892. The first-order valence-electron chi connectivity index (χ1n) is 7.39. The minimum absolute atomic E-state index is 0.0392. The fraction of sp³-hybridized carbons (Fsp3) is 0.562. The van der Waals surface area contributed by atoms with Gasteiger partial charge in [0, 0.05) is 31.5 Å². The fourth-order valence-electron chi connectivity index (χ4n) is 3.17. The van der Waals surface area contributed by atoms with E-state index in [1.54, 1.807) is 0 Å². The van der Waals surface area contributed by atoms with Crippen LogP contribution in [0.15, 0.2) is 18.2 Å². The molecule has 20 heavy (non-hydrogen) atoms. The minimum Gasteiger partial charge on any atom is -0.491 e. The summed E-state index contributed by atoms with van der Waals surface area (Å²) in [5.74, 6) is 1.17. The van der Waals surface area contributed by atoms with Gasteiger partial charge in [-0.15, -0.1) is 0 Å². The van der Waals surface area contributed by atoms with E-state index in [0.29, 0.717) is 25.2 Å². The second-order valence-electron chi connectivity index (χ2n) is 5.59. The van der Waals surface area contributed by atoms with Gasteiger partial charge in [-0.2, -0.15) is 0 Å². The molecule has 2 atom stereocenters. The Balaban J connectivity index is 1.82. The highest BCUT2D eigenvalue weighted by atomic mass is 16.5. The van der Waals surface area contributed by atoms with E-state index in [0.717, 1.165) is 36.4 Å². The molecule has 0 amide bonds. The molecule has 1 saturated heterocycles. The van der Waals surface area contributed by atoms with Crippen molar-refractivity contribution in [2.24, 2.45) is 0 Å². The van der Waals surface area contributed by atoms with Gasteiger partial charge in [-0.25, -0.2) is 0 Å². The summed E-state index contributed by atoms with van der Waals surface area (Å²) in [6, 6.07) is 5.93. The summed E-state index contributed by atoms with van der Waals surface area (Å²) in [4.78, 5) is 13.5. The van der Waals surface area contributed by atoms with Crippen molar-refractivity contribution in [1.29, 1.82) is 0 Å². The Kier molecular flexibility index (Phi) is 3.76. The van der Waals surface area contributed by atoms with E-state index in [2.05, 4.69) is 11.8 Å². The number of fused-ring (bicyclic) bond motifs is 1. The van der Waals surface area contributed by atoms with Crippen molar-refractivity contribution < 1.29 is 14.6 Å². The Morgan fingerprint density at radius 2 is 2.10 bits per heavy atom. The van der Waals surface area contributed by atoms with Crippen LogP contribution in [0.1, 0.15) is 37.0 Å². The molecule has 2 aliphatic heterocycles. The van der Waals surface area contributed by atoms with Crippen molar-refractivity contribution in [3.05, 3.63) is 29.3 Å². The van der Waals surface area contributed by atoms with Gasteiger partial charge in [-0.3, -0.25) is 9.69 Å². The van der Waals surface area contributed by atoms with Crippen molar-refractivity contribution in [3.8, 4) is 5.75 Å². The van der Waals surface area contributed by atoms with Gasteiger partial charge in [-0.1, -0.05) is 25.1 Å². The van der Waals surface area contributed by atoms with Crippen molar-refractivity contribution >= 4 is 5.78 Å². The summed E-state index contributed by atoms with van der Waals surface area (Å²) in [6.07, 6.45) is 1.55. The molecule has 0 saturated carbocycles. The molecule has 4 nitrogen and oxygen atoms in total. The summed E-state index contributed by atoms with van der Waals surface area (Å²) in [7, 11) is 0. The summed E-state index contributed by atoms with van der Waals surface area (Å²) in [5, 5.41) is 10.7. The molecule has 1 aromatic carbocycles. The lowest BCUT2D eigenvalue weighted by Gasteiger charge is -2.40. The number of hydrogen-bond acceptors (Lipinski definition) is 4. The van der Waals surface area contributed by atoms with Crippen LogP contribution in [0.25, 0.3) is 0 Å². The number of carbonyl (C=O) groups is 1. The first kappa shape index (κ1) is 13.6. The second kappa shape index (κ2) is 5.54. The molecule has 3 rings (SSSR count). The van der Waals surface area contributed by atoms with Crippen LogP contribution in [-0.4, -0.2) is 41.5 Å². The monoisotopic (exact) mass is 275 g/mol. The lowest BCUT2D eigenvalue weighted by Crippen LogP contribution is -2.49. The van der Waals surface area contributed by atoms with E-state index in [1.165, 1.54) is 0 Å². The number of para-hydroxylation sites is 1. The number of hydrogen-bond donors (Lipinski definition) is 1. The SMILES string of the molecule is CCc1cccc2c1OCC(N1CCC(=O)CC1)C2O. The highest BCUT2D eigenvalue weighted by Crippen LogP contribution is 2.37. The molecule has 0 spiro atoms. The van der Waals surface area contributed by atoms with Gasteiger partial charge >= 0.3 is 0 Å². The molecule has 2 heterocycles. The lowest BCUT2D eigenvalue weighted by molar-refractivity contribution is -0.123. The number of ketones is 1.